The molecule has 0 aromatic heterocycles. The van der Waals surface area contributed by atoms with Gasteiger partial charge in [-0.25, -0.2) is 4.39 Å². The number of rotatable bonds is 4. The highest BCUT2D eigenvalue weighted by Gasteiger charge is 2.14. The van der Waals surface area contributed by atoms with Crippen molar-refractivity contribution >= 4 is 27.8 Å². The maximum atomic E-state index is 13.0. The Hall–Kier alpha value is -1.43. The Kier molecular flexibility index (Phi) is 4.62. The Morgan fingerprint density at radius 2 is 2.12 bits per heavy atom. The molecular weight excluding hydrogens is 293 g/mol. The Morgan fingerprint density at radius 1 is 1.47 bits per heavy atom. The minimum atomic E-state index is -0.968. The van der Waals surface area contributed by atoms with E-state index in [0.717, 1.165) is 0 Å². The van der Waals surface area contributed by atoms with Crippen LogP contribution in [0.5, 0.6) is 0 Å². The van der Waals surface area contributed by atoms with Crippen molar-refractivity contribution in [3.05, 3.63) is 34.1 Å². The van der Waals surface area contributed by atoms with Gasteiger partial charge in [0.25, 0.3) is 5.91 Å². The number of carbonyl (C=O) groups is 2. The van der Waals surface area contributed by atoms with Gasteiger partial charge in [-0.2, -0.15) is 0 Å². The van der Waals surface area contributed by atoms with Crippen LogP contribution in [0.15, 0.2) is 22.7 Å². The molecule has 1 amide bonds. The second-order valence-electron chi connectivity index (χ2n) is 3.50. The highest BCUT2D eigenvalue weighted by atomic mass is 79.9. The summed E-state index contributed by atoms with van der Waals surface area (Å²) in [6, 6.07) is 3.91. The Balaban J connectivity index is 2.74. The molecule has 6 heteroatoms. The van der Waals surface area contributed by atoms with Crippen molar-refractivity contribution in [3.63, 3.8) is 0 Å². The standard InChI is InChI=1S/C11H11BrFNO3/c1-14(5-4-10(15)16)11(17)7-2-3-9(13)8(12)6-7/h2-3,6H,4-5H2,1H3,(H,15,16). The molecule has 0 atom stereocenters. The monoisotopic (exact) mass is 303 g/mol. The van der Waals surface area contributed by atoms with Crippen molar-refractivity contribution in [3.8, 4) is 0 Å². The average Bonchev–Trinajstić information content (AvgIpc) is 2.28. The summed E-state index contributed by atoms with van der Waals surface area (Å²) >= 11 is 2.99. The van der Waals surface area contributed by atoms with Crippen LogP contribution in [-0.4, -0.2) is 35.5 Å². The SMILES string of the molecule is CN(CCC(=O)O)C(=O)c1ccc(F)c(Br)c1. The zero-order valence-corrected chi connectivity index (χ0v) is 10.7. The molecule has 0 radical (unpaired) electrons. The summed E-state index contributed by atoms with van der Waals surface area (Å²) in [4.78, 5) is 23.5. The number of carboxylic acid groups (broad SMARTS) is 1. The molecule has 4 nitrogen and oxygen atoms in total. The Bertz CT molecular complexity index is 450. The molecule has 1 rings (SSSR count). The summed E-state index contributed by atoms with van der Waals surface area (Å²) in [7, 11) is 1.50. The third kappa shape index (κ3) is 3.81. The molecule has 0 aliphatic rings. The molecule has 0 bridgehead atoms. The molecule has 0 unspecified atom stereocenters. The van der Waals surface area contributed by atoms with E-state index in [2.05, 4.69) is 15.9 Å². The molecule has 1 aromatic rings. The summed E-state index contributed by atoms with van der Waals surface area (Å²) in [5, 5.41) is 8.50. The third-order valence-corrected chi connectivity index (χ3v) is 2.78. The van der Waals surface area contributed by atoms with E-state index in [1.54, 1.807) is 0 Å². The molecule has 0 spiro atoms. The number of benzene rings is 1. The van der Waals surface area contributed by atoms with Gasteiger partial charge in [-0.05, 0) is 34.1 Å². The van der Waals surface area contributed by atoms with Crippen LogP contribution in [0.1, 0.15) is 16.8 Å². The van der Waals surface area contributed by atoms with E-state index in [1.165, 1.54) is 30.1 Å². The van der Waals surface area contributed by atoms with Crippen LogP contribution in [0, 0.1) is 5.82 Å². The number of amides is 1. The third-order valence-electron chi connectivity index (χ3n) is 2.17. The van der Waals surface area contributed by atoms with E-state index in [0.29, 0.717) is 5.56 Å². The molecule has 0 aliphatic carbocycles. The number of nitrogens with zero attached hydrogens (tertiary/aromatic N) is 1. The molecule has 1 N–H and O–H groups in total. The van der Waals surface area contributed by atoms with E-state index < -0.39 is 11.8 Å². The van der Waals surface area contributed by atoms with Crippen molar-refractivity contribution in [2.45, 2.75) is 6.42 Å². The van der Waals surface area contributed by atoms with Gasteiger partial charge in [0.15, 0.2) is 0 Å². The van der Waals surface area contributed by atoms with Crippen LogP contribution in [0.3, 0.4) is 0 Å². The average molecular weight is 304 g/mol. The predicted molar refractivity (Wildman–Crippen MR) is 63.3 cm³/mol. The van der Waals surface area contributed by atoms with Crippen molar-refractivity contribution < 1.29 is 19.1 Å². The second-order valence-corrected chi connectivity index (χ2v) is 4.35. The fourth-order valence-electron chi connectivity index (χ4n) is 1.21. The fraction of sp³-hybridized carbons (Fsp3) is 0.273. The van der Waals surface area contributed by atoms with Crippen molar-refractivity contribution in [1.82, 2.24) is 4.90 Å². The van der Waals surface area contributed by atoms with Crippen molar-refractivity contribution in [2.75, 3.05) is 13.6 Å². The number of carboxylic acids is 1. The van der Waals surface area contributed by atoms with Gasteiger partial charge in [0.1, 0.15) is 5.82 Å². The minimum absolute atomic E-state index is 0.114. The van der Waals surface area contributed by atoms with Gasteiger partial charge >= 0.3 is 5.97 Å². The number of hydrogen-bond acceptors (Lipinski definition) is 2. The highest BCUT2D eigenvalue weighted by Crippen LogP contribution is 2.17. The first-order valence-electron chi connectivity index (χ1n) is 4.84. The van der Waals surface area contributed by atoms with Gasteiger partial charge in [0.2, 0.25) is 0 Å². The second kappa shape index (κ2) is 5.77. The largest absolute Gasteiger partial charge is 0.481 e. The first-order valence-corrected chi connectivity index (χ1v) is 5.63. The maximum Gasteiger partial charge on any atom is 0.305 e. The number of aliphatic carboxylic acids is 1. The molecule has 0 aliphatic heterocycles. The molecule has 0 saturated heterocycles. The minimum Gasteiger partial charge on any atom is -0.481 e. The molecule has 1 aromatic carbocycles. The molecular formula is C11H11BrFNO3. The summed E-state index contributed by atoms with van der Waals surface area (Å²) in [6.45, 7) is 0.114. The van der Waals surface area contributed by atoms with Gasteiger partial charge in [-0.15, -0.1) is 0 Å². The first-order chi connectivity index (χ1) is 7.91. The van der Waals surface area contributed by atoms with E-state index in [1.807, 2.05) is 0 Å². The molecule has 0 fully saturated rings. The zero-order valence-electron chi connectivity index (χ0n) is 9.11. The van der Waals surface area contributed by atoms with E-state index in [4.69, 9.17) is 5.11 Å². The van der Waals surface area contributed by atoms with Crippen LogP contribution in [0.4, 0.5) is 4.39 Å². The van der Waals surface area contributed by atoms with Crippen LogP contribution < -0.4 is 0 Å². The zero-order chi connectivity index (χ0) is 13.0. The lowest BCUT2D eigenvalue weighted by atomic mass is 10.2. The van der Waals surface area contributed by atoms with Crippen LogP contribution in [-0.2, 0) is 4.79 Å². The smallest absolute Gasteiger partial charge is 0.305 e. The summed E-state index contributed by atoms with van der Waals surface area (Å²) in [6.07, 6.45) is -0.120. The van der Waals surface area contributed by atoms with Gasteiger partial charge in [-0.1, -0.05) is 0 Å². The van der Waals surface area contributed by atoms with Crippen LogP contribution >= 0.6 is 15.9 Å². The highest BCUT2D eigenvalue weighted by molar-refractivity contribution is 9.10. The summed E-state index contributed by atoms with van der Waals surface area (Å²) in [5.74, 6) is -1.76. The van der Waals surface area contributed by atoms with Gasteiger partial charge in [0, 0.05) is 19.2 Å². The summed E-state index contributed by atoms with van der Waals surface area (Å²) in [5.41, 5.74) is 0.311. The lowest BCUT2D eigenvalue weighted by Gasteiger charge is -2.16. The quantitative estimate of drug-likeness (QED) is 0.927. The first kappa shape index (κ1) is 13.6. The normalized spacial score (nSPS) is 10.1. The lowest BCUT2D eigenvalue weighted by Crippen LogP contribution is -2.29. The van der Waals surface area contributed by atoms with E-state index in [-0.39, 0.29) is 23.3 Å². The van der Waals surface area contributed by atoms with E-state index >= 15 is 0 Å². The van der Waals surface area contributed by atoms with Crippen LogP contribution in [0.2, 0.25) is 0 Å². The molecule has 17 heavy (non-hydrogen) atoms. The topological polar surface area (TPSA) is 57.6 Å². The number of hydrogen-bond donors (Lipinski definition) is 1. The van der Waals surface area contributed by atoms with Crippen molar-refractivity contribution in [2.24, 2.45) is 0 Å². The maximum absolute atomic E-state index is 13.0. The van der Waals surface area contributed by atoms with Gasteiger partial charge < -0.3 is 10.0 Å². The number of halogens is 2. The van der Waals surface area contributed by atoms with Gasteiger partial charge in [-0.3, -0.25) is 9.59 Å². The predicted octanol–water partition coefficient (Wildman–Crippen LogP) is 2.13. The summed E-state index contributed by atoms with van der Waals surface area (Å²) < 4.78 is 13.2. The fourth-order valence-corrected chi connectivity index (χ4v) is 1.59. The lowest BCUT2D eigenvalue weighted by molar-refractivity contribution is -0.137. The van der Waals surface area contributed by atoms with Gasteiger partial charge in [0.05, 0.1) is 10.9 Å². The molecule has 0 heterocycles. The van der Waals surface area contributed by atoms with E-state index in [9.17, 15) is 14.0 Å². The molecule has 92 valence electrons. The number of carbonyl (C=O) groups excluding carboxylic acids is 1. The molecule has 0 saturated carbocycles. The van der Waals surface area contributed by atoms with Crippen LogP contribution in [0.25, 0.3) is 0 Å². The Morgan fingerprint density at radius 3 is 2.65 bits per heavy atom. The van der Waals surface area contributed by atoms with Crippen molar-refractivity contribution in [1.29, 1.82) is 0 Å². The Labute approximate surface area is 106 Å².